The van der Waals surface area contributed by atoms with E-state index in [1.807, 2.05) is 42.1 Å². The molecule has 1 fully saturated rings. The molecule has 0 aliphatic carbocycles. The highest BCUT2D eigenvalue weighted by Gasteiger charge is 2.21. The molecular weight excluding hydrogens is 378 g/mol. The van der Waals surface area contributed by atoms with E-state index in [4.69, 9.17) is 4.74 Å². The Hall–Kier alpha value is -2.54. The molecule has 1 aromatic heterocycles. The van der Waals surface area contributed by atoms with Gasteiger partial charge in [0.1, 0.15) is 17.6 Å². The number of hydrogen-bond acceptors (Lipinski definition) is 4. The van der Waals surface area contributed by atoms with Crippen molar-refractivity contribution in [3.8, 4) is 5.75 Å². The van der Waals surface area contributed by atoms with Gasteiger partial charge in [0.2, 0.25) is 0 Å². The number of methoxy groups -OCH3 is 1. The van der Waals surface area contributed by atoms with Gasteiger partial charge in [-0.15, -0.1) is 0 Å². The van der Waals surface area contributed by atoms with Gasteiger partial charge >= 0.3 is 6.03 Å². The van der Waals surface area contributed by atoms with Crippen molar-refractivity contribution in [2.45, 2.75) is 38.6 Å². The largest absolute Gasteiger partial charge is 0.497 e. The summed E-state index contributed by atoms with van der Waals surface area (Å²) in [6.45, 7) is 6.54. The predicted molar refractivity (Wildman–Crippen MR) is 119 cm³/mol. The lowest BCUT2D eigenvalue weighted by molar-refractivity contribution is 0.181. The Bertz CT molecular complexity index is 806. The number of nitrogens with one attached hydrogen (secondary N) is 2. The molecule has 0 saturated carbocycles. The number of nitrogens with zero attached hydrogens (tertiary/aromatic N) is 3. The molecule has 0 spiro atoms. The van der Waals surface area contributed by atoms with Crippen LogP contribution in [0, 0.1) is 5.92 Å². The summed E-state index contributed by atoms with van der Waals surface area (Å²) in [5, 5.41) is 6.08. The van der Waals surface area contributed by atoms with E-state index in [9.17, 15) is 4.79 Å². The molecule has 1 aliphatic heterocycles. The molecule has 7 heteroatoms. The van der Waals surface area contributed by atoms with Crippen molar-refractivity contribution >= 4 is 6.03 Å². The highest BCUT2D eigenvalue weighted by molar-refractivity contribution is 5.74. The third-order valence-electron chi connectivity index (χ3n) is 5.75. The molecule has 1 saturated heterocycles. The van der Waals surface area contributed by atoms with Crippen LogP contribution in [0.2, 0.25) is 0 Å². The fourth-order valence-electron chi connectivity index (χ4n) is 4.11. The van der Waals surface area contributed by atoms with Crippen molar-refractivity contribution in [3.63, 3.8) is 0 Å². The van der Waals surface area contributed by atoms with Gasteiger partial charge in [-0.3, -0.25) is 0 Å². The summed E-state index contributed by atoms with van der Waals surface area (Å²) in [4.78, 5) is 19.6. The second-order valence-electron chi connectivity index (χ2n) is 8.26. The molecule has 2 atom stereocenters. The number of aromatic nitrogens is 2. The summed E-state index contributed by atoms with van der Waals surface area (Å²) in [6, 6.07) is 7.18. The van der Waals surface area contributed by atoms with Gasteiger partial charge in [0.05, 0.1) is 7.11 Å². The fourth-order valence-corrected chi connectivity index (χ4v) is 4.11. The van der Waals surface area contributed by atoms with Gasteiger partial charge in [0, 0.05) is 32.5 Å². The van der Waals surface area contributed by atoms with E-state index in [2.05, 4.69) is 27.4 Å². The summed E-state index contributed by atoms with van der Waals surface area (Å²) in [6.07, 6.45) is 8.35. The Morgan fingerprint density at radius 3 is 2.97 bits per heavy atom. The Morgan fingerprint density at radius 1 is 1.37 bits per heavy atom. The topological polar surface area (TPSA) is 71.4 Å². The van der Waals surface area contributed by atoms with Gasteiger partial charge in [-0.2, -0.15) is 0 Å². The lowest BCUT2D eigenvalue weighted by Crippen LogP contribution is -2.40. The maximum atomic E-state index is 12.6. The molecule has 164 valence electrons. The molecule has 0 radical (unpaired) electrons. The SMILES string of the molecule is COc1cccc([C@H](NC(=O)NCCCCN2CCC[C@H](C)C2)c2nccn2C)c1. The zero-order chi connectivity index (χ0) is 21.3. The van der Waals surface area contributed by atoms with Crippen LogP contribution >= 0.6 is 0 Å². The number of benzene rings is 1. The predicted octanol–water partition coefficient (Wildman–Crippen LogP) is 3.33. The number of carbonyl (C=O) groups is 1. The highest BCUT2D eigenvalue weighted by atomic mass is 16.5. The van der Waals surface area contributed by atoms with Crippen LogP contribution in [0.25, 0.3) is 0 Å². The maximum Gasteiger partial charge on any atom is 0.315 e. The van der Waals surface area contributed by atoms with Crippen LogP contribution in [0.3, 0.4) is 0 Å². The molecule has 1 aromatic carbocycles. The molecule has 0 unspecified atom stereocenters. The second kappa shape index (κ2) is 11.0. The van der Waals surface area contributed by atoms with Gasteiger partial charge in [0.15, 0.2) is 0 Å². The molecule has 3 rings (SSSR count). The van der Waals surface area contributed by atoms with Gasteiger partial charge < -0.3 is 24.8 Å². The minimum atomic E-state index is -0.352. The van der Waals surface area contributed by atoms with Crippen LogP contribution in [0.15, 0.2) is 36.7 Å². The van der Waals surface area contributed by atoms with Gasteiger partial charge in [0.25, 0.3) is 0 Å². The van der Waals surface area contributed by atoms with E-state index in [-0.39, 0.29) is 12.1 Å². The van der Waals surface area contributed by atoms with Gasteiger partial charge in [-0.05, 0) is 62.4 Å². The third kappa shape index (κ3) is 6.23. The first kappa shape index (κ1) is 22.2. The number of imidazole rings is 1. The van der Waals surface area contributed by atoms with Gasteiger partial charge in [-0.1, -0.05) is 19.1 Å². The molecule has 0 bridgehead atoms. The molecule has 2 heterocycles. The van der Waals surface area contributed by atoms with Crippen LogP contribution in [-0.4, -0.2) is 53.8 Å². The van der Waals surface area contributed by atoms with Crippen molar-refractivity contribution in [2.24, 2.45) is 13.0 Å². The Balaban J connectivity index is 1.50. The first-order chi connectivity index (χ1) is 14.6. The number of hydrogen-bond donors (Lipinski definition) is 2. The lowest BCUT2D eigenvalue weighted by atomic mass is 10.0. The number of aryl methyl sites for hydroxylation is 1. The highest BCUT2D eigenvalue weighted by Crippen LogP contribution is 2.24. The average molecular weight is 414 g/mol. The van der Waals surface area contributed by atoms with Crippen molar-refractivity contribution in [3.05, 3.63) is 48.0 Å². The fraction of sp³-hybridized carbons (Fsp3) is 0.565. The number of rotatable bonds is 9. The van der Waals surface area contributed by atoms with E-state index >= 15 is 0 Å². The first-order valence-electron chi connectivity index (χ1n) is 10.9. The number of unbranched alkanes of at least 4 members (excludes halogenated alkanes) is 1. The van der Waals surface area contributed by atoms with Crippen LogP contribution in [-0.2, 0) is 7.05 Å². The summed E-state index contributed by atoms with van der Waals surface area (Å²) in [7, 11) is 3.57. The minimum Gasteiger partial charge on any atom is -0.497 e. The molecule has 30 heavy (non-hydrogen) atoms. The van der Waals surface area contributed by atoms with Crippen molar-refractivity contribution in [1.29, 1.82) is 0 Å². The minimum absolute atomic E-state index is 0.183. The zero-order valence-electron chi connectivity index (χ0n) is 18.4. The molecule has 1 aliphatic rings. The van der Waals surface area contributed by atoms with Gasteiger partial charge in [-0.25, -0.2) is 9.78 Å². The first-order valence-corrected chi connectivity index (χ1v) is 10.9. The summed E-state index contributed by atoms with van der Waals surface area (Å²) in [5.41, 5.74) is 0.929. The third-order valence-corrected chi connectivity index (χ3v) is 5.75. The van der Waals surface area contributed by atoms with E-state index in [0.717, 1.165) is 42.4 Å². The summed E-state index contributed by atoms with van der Waals surface area (Å²) < 4.78 is 7.27. The summed E-state index contributed by atoms with van der Waals surface area (Å²) in [5.74, 6) is 2.33. The standard InChI is InChI=1S/C23H35N5O2/c1-18-8-7-14-28(17-18)13-5-4-11-25-23(29)26-21(22-24-12-15-27(22)2)19-9-6-10-20(16-19)30-3/h6,9-10,12,15-16,18,21H,4-5,7-8,11,13-14,17H2,1-3H3,(H2,25,26,29)/t18-,21-/m0/s1. The van der Waals surface area contributed by atoms with E-state index in [0.29, 0.717) is 6.54 Å². The number of likely N-dealkylation sites (tertiary alicyclic amines) is 1. The Kier molecular flexibility index (Phi) is 8.13. The van der Waals surface area contributed by atoms with Crippen molar-refractivity contribution in [2.75, 3.05) is 33.3 Å². The zero-order valence-corrected chi connectivity index (χ0v) is 18.4. The van der Waals surface area contributed by atoms with Crippen LogP contribution in [0.1, 0.15) is 50.0 Å². The molecule has 7 nitrogen and oxygen atoms in total. The van der Waals surface area contributed by atoms with E-state index in [1.54, 1.807) is 13.3 Å². The second-order valence-corrected chi connectivity index (χ2v) is 8.26. The lowest BCUT2D eigenvalue weighted by Gasteiger charge is -2.30. The molecule has 2 aromatic rings. The van der Waals surface area contributed by atoms with E-state index in [1.165, 1.54) is 25.9 Å². The molecule has 2 N–H and O–H groups in total. The smallest absolute Gasteiger partial charge is 0.315 e. The number of amides is 2. The Labute approximate surface area is 179 Å². The van der Waals surface area contributed by atoms with Crippen LogP contribution in [0.5, 0.6) is 5.75 Å². The normalized spacial score (nSPS) is 18.0. The number of urea groups is 1. The maximum absolute atomic E-state index is 12.6. The number of carbonyl (C=O) groups excluding carboxylic acids is 1. The molecular formula is C23H35N5O2. The number of ether oxygens (including phenoxy) is 1. The number of piperidine rings is 1. The monoisotopic (exact) mass is 413 g/mol. The van der Waals surface area contributed by atoms with Crippen molar-refractivity contribution in [1.82, 2.24) is 25.1 Å². The van der Waals surface area contributed by atoms with Crippen molar-refractivity contribution < 1.29 is 9.53 Å². The molecule has 2 amide bonds. The average Bonchev–Trinajstić information content (AvgIpc) is 3.17. The quantitative estimate of drug-likeness (QED) is 0.619. The van der Waals surface area contributed by atoms with E-state index < -0.39 is 0 Å². The van der Waals surface area contributed by atoms with Crippen LogP contribution in [0.4, 0.5) is 4.79 Å². The summed E-state index contributed by atoms with van der Waals surface area (Å²) >= 11 is 0. The van der Waals surface area contributed by atoms with Crippen LogP contribution < -0.4 is 15.4 Å². The Morgan fingerprint density at radius 2 is 2.23 bits per heavy atom.